The summed E-state index contributed by atoms with van der Waals surface area (Å²) in [5, 5.41) is 3.76. The maximum Gasteiger partial charge on any atom is 0.195 e. The van der Waals surface area contributed by atoms with Crippen molar-refractivity contribution in [2.24, 2.45) is 4.99 Å². The van der Waals surface area contributed by atoms with Crippen molar-refractivity contribution in [2.75, 3.05) is 0 Å². The molecule has 0 aliphatic carbocycles. The number of hydrogen-bond acceptors (Lipinski definition) is 3. The zero-order chi connectivity index (χ0) is 9.80. The van der Waals surface area contributed by atoms with Crippen LogP contribution in [0.25, 0.3) is 0 Å². The van der Waals surface area contributed by atoms with E-state index in [2.05, 4.69) is 10.1 Å². The Balaban J connectivity index is 2.15. The minimum Gasteiger partial charge on any atom is -0.359 e. The largest absolute Gasteiger partial charge is 0.359 e. The van der Waals surface area contributed by atoms with Crippen molar-refractivity contribution >= 4 is 12.0 Å². The lowest BCUT2D eigenvalue weighted by molar-refractivity contribution is 0.399. The molecule has 2 rings (SSSR count). The van der Waals surface area contributed by atoms with Crippen LogP contribution in [0.3, 0.4) is 0 Å². The van der Waals surface area contributed by atoms with E-state index < -0.39 is 0 Å². The molecule has 1 heterocycles. The summed E-state index contributed by atoms with van der Waals surface area (Å²) in [5.74, 6) is 1.37. The first-order valence-electron chi connectivity index (χ1n) is 4.37. The number of benzene rings is 1. The van der Waals surface area contributed by atoms with E-state index in [0.717, 1.165) is 11.3 Å². The van der Waals surface area contributed by atoms with E-state index in [-0.39, 0.29) is 0 Å². The van der Waals surface area contributed by atoms with Crippen LogP contribution in [0.5, 0.6) is 0 Å². The Morgan fingerprint density at radius 1 is 1.29 bits per heavy atom. The van der Waals surface area contributed by atoms with E-state index in [1.165, 1.54) is 0 Å². The van der Waals surface area contributed by atoms with Gasteiger partial charge in [-0.05, 0) is 12.5 Å². The molecule has 0 saturated carbocycles. The Kier molecular flexibility index (Phi) is 2.40. The average molecular weight is 186 g/mol. The quantitative estimate of drug-likeness (QED) is 0.676. The molecule has 0 N–H and O–H groups in total. The van der Waals surface area contributed by atoms with Gasteiger partial charge in [0.15, 0.2) is 5.82 Å². The van der Waals surface area contributed by atoms with Gasteiger partial charge in [0.2, 0.25) is 0 Å². The highest BCUT2D eigenvalue weighted by molar-refractivity contribution is 5.81. The number of aliphatic imine (C=N–C) groups is 1. The Bertz CT molecular complexity index is 432. The fourth-order valence-corrected chi connectivity index (χ4v) is 1.09. The molecule has 2 aromatic rings. The SMILES string of the molecule is Cc1cc(N=Cc2ccccc2)no1. The van der Waals surface area contributed by atoms with Crippen molar-refractivity contribution in [1.29, 1.82) is 0 Å². The zero-order valence-corrected chi connectivity index (χ0v) is 7.84. The third-order valence-electron chi connectivity index (χ3n) is 1.76. The van der Waals surface area contributed by atoms with E-state index in [0.29, 0.717) is 5.82 Å². The molecular weight excluding hydrogens is 176 g/mol. The third kappa shape index (κ3) is 2.07. The molecule has 0 aliphatic heterocycles. The Hall–Kier alpha value is -1.90. The summed E-state index contributed by atoms with van der Waals surface area (Å²) in [6.45, 7) is 1.84. The zero-order valence-electron chi connectivity index (χ0n) is 7.84. The summed E-state index contributed by atoms with van der Waals surface area (Å²) in [4.78, 5) is 4.17. The molecule has 0 aliphatic rings. The number of hydrogen-bond donors (Lipinski definition) is 0. The Morgan fingerprint density at radius 2 is 2.07 bits per heavy atom. The number of nitrogens with zero attached hydrogens (tertiary/aromatic N) is 2. The second-order valence-corrected chi connectivity index (χ2v) is 2.96. The van der Waals surface area contributed by atoms with Gasteiger partial charge < -0.3 is 4.52 Å². The summed E-state index contributed by atoms with van der Waals surface area (Å²) in [7, 11) is 0. The second kappa shape index (κ2) is 3.87. The van der Waals surface area contributed by atoms with E-state index in [1.54, 1.807) is 12.3 Å². The van der Waals surface area contributed by atoms with Crippen LogP contribution >= 0.6 is 0 Å². The van der Waals surface area contributed by atoms with E-state index >= 15 is 0 Å². The van der Waals surface area contributed by atoms with Gasteiger partial charge in [-0.1, -0.05) is 35.5 Å². The van der Waals surface area contributed by atoms with Crippen LogP contribution in [0.2, 0.25) is 0 Å². The average Bonchev–Trinajstić information content (AvgIpc) is 2.63. The highest BCUT2D eigenvalue weighted by Gasteiger charge is 1.95. The number of aromatic nitrogens is 1. The maximum absolute atomic E-state index is 4.89. The van der Waals surface area contributed by atoms with Gasteiger partial charge in [0.1, 0.15) is 5.76 Å². The normalized spacial score (nSPS) is 10.9. The molecular formula is C11H10N2O. The van der Waals surface area contributed by atoms with Crippen LogP contribution in [0, 0.1) is 6.92 Å². The Labute approximate surface area is 82.1 Å². The fraction of sp³-hybridized carbons (Fsp3) is 0.0909. The van der Waals surface area contributed by atoms with Crippen LogP contribution in [-0.4, -0.2) is 11.4 Å². The van der Waals surface area contributed by atoms with Crippen molar-refractivity contribution in [3.8, 4) is 0 Å². The number of rotatable bonds is 2. The molecule has 1 aromatic carbocycles. The minimum atomic E-state index is 0.603. The molecule has 14 heavy (non-hydrogen) atoms. The van der Waals surface area contributed by atoms with Crippen LogP contribution in [0.4, 0.5) is 5.82 Å². The molecule has 70 valence electrons. The van der Waals surface area contributed by atoms with Crippen molar-refractivity contribution in [2.45, 2.75) is 6.92 Å². The summed E-state index contributed by atoms with van der Waals surface area (Å²) in [6.07, 6.45) is 1.76. The lowest BCUT2D eigenvalue weighted by Crippen LogP contribution is -1.77. The highest BCUT2D eigenvalue weighted by Crippen LogP contribution is 2.10. The van der Waals surface area contributed by atoms with Gasteiger partial charge in [-0.3, -0.25) is 0 Å². The van der Waals surface area contributed by atoms with Gasteiger partial charge in [-0.25, -0.2) is 4.99 Å². The third-order valence-corrected chi connectivity index (χ3v) is 1.76. The molecule has 3 heteroatoms. The van der Waals surface area contributed by atoms with Crippen molar-refractivity contribution in [3.63, 3.8) is 0 Å². The molecule has 0 bridgehead atoms. The molecule has 0 spiro atoms. The summed E-state index contributed by atoms with van der Waals surface area (Å²) in [6, 6.07) is 11.7. The fourth-order valence-electron chi connectivity index (χ4n) is 1.09. The maximum atomic E-state index is 4.89. The molecule has 0 atom stereocenters. The predicted molar refractivity (Wildman–Crippen MR) is 54.9 cm³/mol. The van der Waals surface area contributed by atoms with Crippen LogP contribution in [-0.2, 0) is 0 Å². The molecule has 0 fully saturated rings. The lowest BCUT2D eigenvalue weighted by Gasteiger charge is -1.88. The smallest absolute Gasteiger partial charge is 0.195 e. The monoisotopic (exact) mass is 186 g/mol. The predicted octanol–water partition coefficient (Wildman–Crippen LogP) is 2.73. The first-order valence-corrected chi connectivity index (χ1v) is 4.37. The van der Waals surface area contributed by atoms with E-state index in [1.807, 2.05) is 37.3 Å². The van der Waals surface area contributed by atoms with Crippen molar-refractivity contribution in [3.05, 3.63) is 47.7 Å². The number of aryl methyl sites for hydroxylation is 1. The van der Waals surface area contributed by atoms with Crippen LogP contribution < -0.4 is 0 Å². The topological polar surface area (TPSA) is 38.4 Å². The molecule has 3 nitrogen and oxygen atoms in total. The molecule has 0 saturated heterocycles. The van der Waals surface area contributed by atoms with E-state index in [9.17, 15) is 0 Å². The first kappa shape index (κ1) is 8.69. The molecule has 1 aromatic heterocycles. The minimum absolute atomic E-state index is 0.603. The molecule has 0 radical (unpaired) electrons. The highest BCUT2D eigenvalue weighted by atomic mass is 16.5. The van der Waals surface area contributed by atoms with Crippen LogP contribution in [0.15, 0.2) is 45.9 Å². The summed E-state index contributed by atoms with van der Waals surface area (Å²) in [5.41, 5.74) is 1.05. The molecule has 0 unspecified atom stereocenters. The summed E-state index contributed by atoms with van der Waals surface area (Å²) < 4.78 is 4.89. The first-order chi connectivity index (χ1) is 6.84. The standard InChI is InChI=1S/C11H10N2O/c1-9-7-11(13-14-9)12-8-10-5-3-2-4-6-10/h2-8H,1H3. The van der Waals surface area contributed by atoms with Gasteiger partial charge in [-0.15, -0.1) is 0 Å². The van der Waals surface area contributed by atoms with Crippen LogP contribution in [0.1, 0.15) is 11.3 Å². The summed E-state index contributed by atoms with van der Waals surface area (Å²) >= 11 is 0. The van der Waals surface area contributed by atoms with Gasteiger partial charge in [0.05, 0.1) is 0 Å². The Morgan fingerprint density at radius 3 is 2.71 bits per heavy atom. The van der Waals surface area contributed by atoms with Gasteiger partial charge >= 0.3 is 0 Å². The van der Waals surface area contributed by atoms with Crippen molar-refractivity contribution < 1.29 is 4.52 Å². The van der Waals surface area contributed by atoms with Crippen molar-refractivity contribution in [1.82, 2.24) is 5.16 Å². The lowest BCUT2D eigenvalue weighted by atomic mass is 10.2. The van der Waals surface area contributed by atoms with E-state index in [4.69, 9.17) is 4.52 Å². The van der Waals surface area contributed by atoms with Gasteiger partial charge in [-0.2, -0.15) is 0 Å². The van der Waals surface area contributed by atoms with Gasteiger partial charge in [0.25, 0.3) is 0 Å². The van der Waals surface area contributed by atoms with Gasteiger partial charge in [0, 0.05) is 12.3 Å². The second-order valence-electron chi connectivity index (χ2n) is 2.96. The molecule has 0 amide bonds.